The Bertz CT molecular complexity index is 1110. The molecule has 0 bridgehead atoms. The molecule has 9 heteroatoms. The Hall–Kier alpha value is -3.00. The predicted molar refractivity (Wildman–Crippen MR) is 96.7 cm³/mol. The zero-order valence-electron chi connectivity index (χ0n) is 13.9. The van der Waals surface area contributed by atoms with Gasteiger partial charge in [-0.25, -0.2) is 14.2 Å². The molecule has 2 aromatic heterocycles. The summed E-state index contributed by atoms with van der Waals surface area (Å²) in [6, 6.07) is 5.29. The first-order valence-corrected chi connectivity index (χ1v) is 8.65. The maximum atomic E-state index is 13.8. The van der Waals surface area contributed by atoms with Crippen LogP contribution in [0.4, 0.5) is 9.18 Å². The second-order valence-electron chi connectivity index (χ2n) is 6.37. The Morgan fingerprint density at radius 3 is 2.81 bits per heavy atom. The molecule has 1 amide bonds. The van der Waals surface area contributed by atoms with Gasteiger partial charge in [-0.15, -0.1) is 0 Å². The van der Waals surface area contributed by atoms with Crippen LogP contribution in [0, 0.1) is 11.7 Å². The minimum absolute atomic E-state index is 0.0115. The molecule has 0 aliphatic heterocycles. The van der Waals surface area contributed by atoms with Crippen LogP contribution in [0.5, 0.6) is 0 Å². The van der Waals surface area contributed by atoms with E-state index in [1.54, 1.807) is 18.2 Å². The molecule has 1 aliphatic rings. The highest BCUT2D eigenvalue weighted by Gasteiger charge is 2.37. The second kappa shape index (κ2) is 6.62. The Labute approximate surface area is 157 Å². The largest absolute Gasteiger partial charge is 0.465 e. The van der Waals surface area contributed by atoms with Gasteiger partial charge in [-0.05, 0) is 30.9 Å². The maximum absolute atomic E-state index is 13.8. The van der Waals surface area contributed by atoms with E-state index in [0.29, 0.717) is 5.52 Å². The molecule has 1 atom stereocenters. The third-order valence-corrected chi connectivity index (χ3v) is 4.79. The number of fused-ring (bicyclic) bond motifs is 1. The molecular formula is C18H14ClFN4O3. The minimum Gasteiger partial charge on any atom is -0.465 e. The molecule has 2 heterocycles. The van der Waals surface area contributed by atoms with E-state index < -0.39 is 23.5 Å². The zero-order chi connectivity index (χ0) is 19.1. The van der Waals surface area contributed by atoms with Crippen LogP contribution in [0.1, 0.15) is 24.7 Å². The molecule has 0 saturated heterocycles. The molecule has 1 fully saturated rings. The van der Waals surface area contributed by atoms with Gasteiger partial charge >= 0.3 is 6.09 Å². The Balaban J connectivity index is 2.05. The van der Waals surface area contributed by atoms with Gasteiger partial charge < -0.3 is 10.4 Å². The van der Waals surface area contributed by atoms with E-state index in [2.05, 4.69) is 15.3 Å². The van der Waals surface area contributed by atoms with Gasteiger partial charge in [-0.2, -0.15) is 0 Å². The summed E-state index contributed by atoms with van der Waals surface area (Å²) in [7, 11) is 0. The van der Waals surface area contributed by atoms with Crippen molar-refractivity contribution in [2.45, 2.75) is 18.9 Å². The van der Waals surface area contributed by atoms with Crippen LogP contribution in [-0.4, -0.2) is 25.7 Å². The predicted octanol–water partition coefficient (Wildman–Crippen LogP) is 3.29. The Morgan fingerprint density at radius 2 is 2.15 bits per heavy atom. The lowest BCUT2D eigenvalue weighted by Gasteiger charge is -2.21. The van der Waals surface area contributed by atoms with E-state index in [9.17, 15) is 19.1 Å². The quantitative estimate of drug-likeness (QED) is 0.714. The van der Waals surface area contributed by atoms with Crippen LogP contribution in [0.25, 0.3) is 16.6 Å². The second-order valence-corrected chi connectivity index (χ2v) is 6.78. The highest BCUT2D eigenvalue weighted by atomic mass is 35.5. The van der Waals surface area contributed by atoms with Crippen LogP contribution >= 0.6 is 11.6 Å². The number of carbonyl (C=O) groups is 1. The monoisotopic (exact) mass is 388 g/mol. The van der Waals surface area contributed by atoms with Crippen molar-refractivity contribution < 1.29 is 14.3 Å². The van der Waals surface area contributed by atoms with Gasteiger partial charge in [0.15, 0.2) is 0 Å². The summed E-state index contributed by atoms with van der Waals surface area (Å²) in [5, 5.41) is 12.1. The summed E-state index contributed by atoms with van der Waals surface area (Å²) in [6.45, 7) is 0. The van der Waals surface area contributed by atoms with Crippen LogP contribution in [0.15, 0.2) is 41.5 Å². The SMILES string of the molecule is O=C(O)NC(c1nc2cccc(Cl)c2c(=O)n1-c1cncc(F)c1)C1CC1. The number of nitrogens with zero attached hydrogens (tertiary/aromatic N) is 3. The highest BCUT2D eigenvalue weighted by molar-refractivity contribution is 6.35. The normalized spacial score (nSPS) is 14.9. The fraction of sp³-hybridized carbons (Fsp3) is 0.222. The molecule has 138 valence electrons. The molecule has 2 N–H and O–H groups in total. The number of amides is 1. The number of carboxylic acid groups (broad SMARTS) is 1. The number of rotatable bonds is 4. The third kappa shape index (κ3) is 3.23. The van der Waals surface area contributed by atoms with Crippen molar-refractivity contribution >= 4 is 28.6 Å². The van der Waals surface area contributed by atoms with Crippen molar-refractivity contribution in [1.29, 1.82) is 0 Å². The molecule has 3 aromatic rings. The summed E-state index contributed by atoms with van der Waals surface area (Å²) >= 11 is 6.19. The van der Waals surface area contributed by atoms with Crippen molar-refractivity contribution in [3.63, 3.8) is 0 Å². The molecule has 7 nitrogen and oxygen atoms in total. The summed E-state index contributed by atoms with van der Waals surface area (Å²) in [5.41, 5.74) is -0.00560. The van der Waals surface area contributed by atoms with Crippen molar-refractivity contribution in [3.8, 4) is 5.69 Å². The minimum atomic E-state index is -1.23. The maximum Gasteiger partial charge on any atom is 0.405 e. The van der Waals surface area contributed by atoms with E-state index in [-0.39, 0.29) is 27.8 Å². The number of nitrogens with one attached hydrogen (secondary N) is 1. The molecular weight excluding hydrogens is 375 g/mol. The number of aromatic nitrogens is 3. The third-order valence-electron chi connectivity index (χ3n) is 4.47. The van der Waals surface area contributed by atoms with Gasteiger partial charge in [0, 0.05) is 6.07 Å². The summed E-state index contributed by atoms with van der Waals surface area (Å²) in [4.78, 5) is 32.8. The Kier molecular flexibility index (Phi) is 4.27. The molecule has 0 radical (unpaired) electrons. The number of hydrogen-bond acceptors (Lipinski definition) is 4. The highest BCUT2D eigenvalue weighted by Crippen LogP contribution is 2.41. The van der Waals surface area contributed by atoms with E-state index in [1.807, 2.05) is 0 Å². The van der Waals surface area contributed by atoms with Gasteiger partial charge in [0.2, 0.25) is 0 Å². The average molecular weight is 389 g/mol. The van der Waals surface area contributed by atoms with Crippen molar-refractivity contribution in [1.82, 2.24) is 19.9 Å². The fourth-order valence-corrected chi connectivity index (χ4v) is 3.39. The number of benzene rings is 1. The lowest BCUT2D eigenvalue weighted by molar-refractivity contribution is 0.187. The molecule has 1 saturated carbocycles. The van der Waals surface area contributed by atoms with Gasteiger partial charge in [0.25, 0.3) is 5.56 Å². The van der Waals surface area contributed by atoms with Gasteiger partial charge in [0.1, 0.15) is 11.6 Å². The van der Waals surface area contributed by atoms with E-state index in [1.165, 1.54) is 10.8 Å². The van der Waals surface area contributed by atoms with Crippen molar-refractivity contribution in [3.05, 3.63) is 63.7 Å². The molecule has 1 unspecified atom stereocenters. The molecule has 1 aliphatic carbocycles. The number of pyridine rings is 1. The van der Waals surface area contributed by atoms with Crippen LogP contribution < -0.4 is 10.9 Å². The lowest BCUT2D eigenvalue weighted by Crippen LogP contribution is -2.35. The lowest BCUT2D eigenvalue weighted by atomic mass is 10.1. The van der Waals surface area contributed by atoms with E-state index >= 15 is 0 Å². The van der Waals surface area contributed by atoms with Crippen LogP contribution in [0.2, 0.25) is 5.02 Å². The molecule has 4 rings (SSSR count). The van der Waals surface area contributed by atoms with Crippen molar-refractivity contribution in [2.24, 2.45) is 5.92 Å². The summed E-state index contributed by atoms with van der Waals surface area (Å²) in [6.07, 6.45) is 2.72. The van der Waals surface area contributed by atoms with Gasteiger partial charge in [0.05, 0.1) is 40.0 Å². The van der Waals surface area contributed by atoms with Gasteiger partial charge in [-0.3, -0.25) is 14.3 Å². The first-order valence-electron chi connectivity index (χ1n) is 8.27. The summed E-state index contributed by atoms with van der Waals surface area (Å²) in [5.74, 6) is -0.428. The smallest absolute Gasteiger partial charge is 0.405 e. The fourth-order valence-electron chi connectivity index (χ4n) is 3.14. The topological polar surface area (TPSA) is 97.1 Å². The number of hydrogen-bond donors (Lipinski definition) is 2. The Morgan fingerprint density at radius 1 is 1.37 bits per heavy atom. The van der Waals surface area contributed by atoms with E-state index in [4.69, 9.17) is 11.6 Å². The van der Waals surface area contributed by atoms with Gasteiger partial charge in [-0.1, -0.05) is 17.7 Å². The first kappa shape index (κ1) is 17.4. The average Bonchev–Trinajstić information content (AvgIpc) is 3.44. The zero-order valence-corrected chi connectivity index (χ0v) is 14.7. The molecule has 0 spiro atoms. The number of halogens is 2. The van der Waals surface area contributed by atoms with E-state index in [0.717, 1.165) is 25.1 Å². The van der Waals surface area contributed by atoms with Crippen LogP contribution in [-0.2, 0) is 0 Å². The molecule has 1 aromatic carbocycles. The summed E-state index contributed by atoms with van der Waals surface area (Å²) < 4.78 is 14.9. The molecule has 27 heavy (non-hydrogen) atoms. The van der Waals surface area contributed by atoms with Crippen LogP contribution in [0.3, 0.4) is 0 Å². The first-order chi connectivity index (χ1) is 13.0. The standard InChI is InChI=1S/C18H14ClFN4O3/c19-12-2-1-3-13-14(12)17(25)24(11-6-10(20)7-21-8-11)16(22-13)15(9-4-5-9)23-18(26)27/h1-3,6-9,15,23H,4-5H2,(H,26,27). The van der Waals surface area contributed by atoms with Crippen molar-refractivity contribution in [2.75, 3.05) is 0 Å².